The van der Waals surface area contributed by atoms with Gasteiger partial charge in [0.1, 0.15) is 5.82 Å². The number of benzene rings is 1. The van der Waals surface area contributed by atoms with Crippen LogP contribution in [0.1, 0.15) is 12.5 Å². The van der Waals surface area contributed by atoms with Crippen molar-refractivity contribution in [1.29, 1.82) is 5.26 Å². The Bertz CT molecular complexity index is 400. The Hall–Kier alpha value is -1.60. The fourth-order valence-corrected chi connectivity index (χ4v) is 1.50. The molecule has 0 heterocycles. The summed E-state index contributed by atoms with van der Waals surface area (Å²) in [4.78, 5) is 1.80. The molecule has 0 saturated heterocycles. The predicted molar refractivity (Wildman–Crippen MR) is 60.4 cm³/mol. The molecule has 0 amide bonds. The fourth-order valence-electron chi connectivity index (χ4n) is 1.50. The summed E-state index contributed by atoms with van der Waals surface area (Å²) < 4.78 is 13.2. The van der Waals surface area contributed by atoms with Crippen molar-refractivity contribution in [2.75, 3.05) is 18.5 Å². The van der Waals surface area contributed by atoms with Gasteiger partial charge in [0.05, 0.1) is 18.6 Å². The molecule has 1 aromatic rings. The normalized spacial score (nSPS) is 11.9. The van der Waals surface area contributed by atoms with E-state index in [0.29, 0.717) is 17.8 Å². The van der Waals surface area contributed by atoms with Gasteiger partial charge in [-0.05, 0) is 30.7 Å². The number of anilines is 1. The molecule has 0 bridgehead atoms. The maximum atomic E-state index is 13.2. The van der Waals surface area contributed by atoms with Crippen LogP contribution in [0.3, 0.4) is 0 Å². The average molecular weight is 222 g/mol. The van der Waals surface area contributed by atoms with E-state index in [0.717, 1.165) is 0 Å². The average Bonchev–Trinajstić information content (AvgIpc) is 2.27. The Morgan fingerprint density at radius 1 is 1.50 bits per heavy atom. The Labute approximate surface area is 94.7 Å². The molecule has 0 aliphatic rings. The lowest BCUT2D eigenvalue weighted by molar-refractivity contribution is 0.281. The molecule has 0 aliphatic carbocycles. The summed E-state index contributed by atoms with van der Waals surface area (Å²) in [6.45, 7) is 2.15. The highest BCUT2D eigenvalue weighted by molar-refractivity contribution is 5.48. The van der Waals surface area contributed by atoms with E-state index in [9.17, 15) is 4.39 Å². The van der Waals surface area contributed by atoms with Crippen molar-refractivity contribution in [2.45, 2.75) is 13.5 Å². The monoisotopic (exact) mass is 222 g/mol. The number of halogens is 1. The van der Waals surface area contributed by atoms with Gasteiger partial charge >= 0.3 is 0 Å². The lowest BCUT2D eigenvalue weighted by atomic mass is 10.1. The number of aliphatic hydroxyl groups is 1. The largest absolute Gasteiger partial charge is 0.392 e. The smallest absolute Gasteiger partial charge is 0.125 e. The molecule has 0 spiro atoms. The zero-order chi connectivity index (χ0) is 12.1. The Morgan fingerprint density at radius 2 is 2.19 bits per heavy atom. The zero-order valence-corrected chi connectivity index (χ0v) is 9.44. The third kappa shape index (κ3) is 3.21. The molecule has 4 heteroatoms. The van der Waals surface area contributed by atoms with Gasteiger partial charge in [0.2, 0.25) is 0 Å². The van der Waals surface area contributed by atoms with Gasteiger partial charge in [-0.2, -0.15) is 5.26 Å². The molecule has 3 nitrogen and oxygen atoms in total. The Kier molecular flexibility index (Phi) is 4.27. The summed E-state index contributed by atoms with van der Waals surface area (Å²) in [5, 5.41) is 17.7. The minimum absolute atomic E-state index is 0.120. The molecule has 0 aromatic heterocycles. The molecule has 86 valence electrons. The van der Waals surface area contributed by atoms with E-state index in [1.54, 1.807) is 18.0 Å². The molecule has 1 unspecified atom stereocenters. The summed E-state index contributed by atoms with van der Waals surface area (Å²) in [6, 6.07) is 6.53. The molecule has 1 rings (SSSR count). The van der Waals surface area contributed by atoms with Crippen LogP contribution in [-0.4, -0.2) is 18.7 Å². The summed E-state index contributed by atoms with van der Waals surface area (Å²) in [6.07, 6.45) is 0. The molecule has 1 N–H and O–H groups in total. The second-order valence-corrected chi connectivity index (χ2v) is 3.89. The topological polar surface area (TPSA) is 47.3 Å². The van der Waals surface area contributed by atoms with E-state index in [1.807, 2.05) is 6.92 Å². The van der Waals surface area contributed by atoms with Crippen molar-refractivity contribution >= 4 is 5.69 Å². The van der Waals surface area contributed by atoms with E-state index in [1.165, 1.54) is 12.1 Å². The van der Waals surface area contributed by atoms with Crippen LogP contribution < -0.4 is 4.90 Å². The lowest BCUT2D eigenvalue weighted by Crippen LogP contribution is -2.23. The van der Waals surface area contributed by atoms with Gasteiger partial charge in [-0.25, -0.2) is 4.39 Å². The number of nitriles is 1. The third-order valence-electron chi connectivity index (χ3n) is 2.33. The second kappa shape index (κ2) is 5.47. The fraction of sp³-hybridized carbons (Fsp3) is 0.417. The minimum Gasteiger partial charge on any atom is -0.392 e. The van der Waals surface area contributed by atoms with Crippen LogP contribution >= 0.6 is 0 Å². The molecule has 1 aromatic carbocycles. The van der Waals surface area contributed by atoms with Crippen molar-refractivity contribution in [2.24, 2.45) is 5.92 Å². The Balaban J connectivity index is 2.87. The van der Waals surface area contributed by atoms with Crippen molar-refractivity contribution in [3.05, 3.63) is 29.6 Å². The van der Waals surface area contributed by atoms with E-state index in [-0.39, 0.29) is 18.3 Å². The van der Waals surface area contributed by atoms with Crippen LogP contribution in [0.25, 0.3) is 0 Å². The summed E-state index contributed by atoms with van der Waals surface area (Å²) >= 11 is 0. The molecule has 0 fully saturated rings. The van der Waals surface area contributed by atoms with Crippen molar-refractivity contribution < 1.29 is 9.50 Å². The highest BCUT2D eigenvalue weighted by Gasteiger charge is 2.08. The van der Waals surface area contributed by atoms with Crippen LogP contribution in [-0.2, 0) is 6.61 Å². The van der Waals surface area contributed by atoms with Gasteiger partial charge in [-0.3, -0.25) is 0 Å². The SMILES string of the molecule is CC(C#N)CN(C)c1cc(F)cc(CO)c1. The quantitative estimate of drug-likeness (QED) is 0.846. The minimum atomic E-state index is -0.377. The maximum absolute atomic E-state index is 13.2. The summed E-state index contributed by atoms with van der Waals surface area (Å²) in [5.74, 6) is -0.496. The van der Waals surface area contributed by atoms with Gasteiger partial charge in [0, 0.05) is 19.3 Å². The molecule has 0 radical (unpaired) electrons. The molecule has 1 atom stereocenters. The van der Waals surface area contributed by atoms with Gasteiger partial charge in [0.15, 0.2) is 0 Å². The maximum Gasteiger partial charge on any atom is 0.125 e. The number of rotatable bonds is 4. The number of aliphatic hydroxyl groups excluding tert-OH is 1. The first-order chi connectivity index (χ1) is 7.56. The second-order valence-electron chi connectivity index (χ2n) is 3.89. The van der Waals surface area contributed by atoms with Gasteiger partial charge in [-0.1, -0.05) is 0 Å². The van der Waals surface area contributed by atoms with Gasteiger partial charge < -0.3 is 10.0 Å². The highest BCUT2D eigenvalue weighted by atomic mass is 19.1. The first kappa shape index (κ1) is 12.5. The van der Waals surface area contributed by atoms with Crippen LogP contribution in [0.4, 0.5) is 10.1 Å². The standard InChI is InChI=1S/C12H15FN2O/c1-9(6-14)7-15(2)12-4-10(8-16)3-11(13)5-12/h3-5,9,16H,7-8H2,1-2H3. The van der Waals surface area contributed by atoms with E-state index >= 15 is 0 Å². The van der Waals surface area contributed by atoms with Crippen LogP contribution in [0, 0.1) is 23.1 Å². The lowest BCUT2D eigenvalue weighted by Gasteiger charge is -2.21. The van der Waals surface area contributed by atoms with Crippen LogP contribution in [0.15, 0.2) is 18.2 Å². The van der Waals surface area contributed by atoms with Gasteiger partial charge in [-0.15, -0.1) is 0 Å². The van der Waals surface area contributed by atoms with E-state index in [4.69, 9.17) is 10.4 Å². The third-order valence-corrected chi connectivity index (χ3v) is 2.33. The molecular formula is C12H15FN2O. The summed E-state index contributed by atoms with van der Waals surface area (Å²) in [5.41, 5.74) is 1.21. The Morgan fingerprint density at radius 3 is 2.75 bits per heavy atom. The van der Waals surface area contributed by atoms with E-state index in [2.05, 4.69) is 6.07 Å². The molecule has 16 heavy (non-hydrogen) atoms. The predicted octanol–water partition coefficient (Wildman–Crippen LogP) is 1.91. The van der Waals surface area contributed by atoms with Crippen molar-refractivity contribution in [1.82, 2.24) is 0 Å². The van der Waals surface area contributed by atoms with Crippen molar-refractivity contribution in [3.63, 3.8) is 0 Å². The van der Waals surface area contributed by atoms with Crippen LogP contribution in [0.2, 0.25) is 0 Å². The zero-order valence-electron chi connectivity index (χ0n) is 9.44. The van der Waals surface area contributed by atoms with Crippen molar-refractivity contribution in [3.8, 4) is 6.07 Å². The number of hydrogen-bond acceptors (Lipinski definition) is 3. The van der Waals surface area contributed by atoms with E-state index < -0.39 is 0 Å². The first-order valence-electron chi connectivity index (χ1n) is 5.08. The van der Waals surface area contributed by atoms with Crippen LogP contribution in [0.5, 0.6) is 0 Å². The van der Waals surface area contributed by atoms with Gasteiger partial charge in [0.25, 0.3) is 0 Å². The highest BCUT2D eigenvalue weighted by Crippen LogP contribution is 2.18. The number of hydrogen-bond donors (Lipinski definition) is 1. The number of nitrogens with zero attached hydrogens (tertiary/aromatic N) is 2. The molecule has 0 saturated carbocycles. The molecular weight excluding hydrogens is 207 g/mol. The molecule has 0 aliphatic heterocycles. The first-order valence-corrected chi connectivity index (χ1v) is 5.08. The summed E-state index contributed by atoms with van der Waals surface area (Å²) in [7, 11) is 1.80.